The van der Waals surface area contributed by atoms with Crippen molar-refractivity contribution < 1.29 is 0 Å². The molecule has 0 N–H and O–H groups in total. The van der Waals surface area contributed by atoms with Crippen LogP contribution in [0.4, 0.5) is 0 Å². The Kier molecular flexibility index (Phi) is 3.41. The summed E-state index contributed by atoms with van der Waals surface area (Å²) < 4.78 is 0. The van der Waals surface area contributed by atoms with Crippen molar-refractivity contribution in [1.29, 1.82) is 0 Å². The second kappa shape index (κ2) is 4.38. The van der Waals surface area contributed by atoms with Crippen molar-refractivity contribution in [3.05, 3.63) is 23.8 Å². The summed E-state index contributed by atoms with van der Waals surface area (Å²) in [5.74, 6) is 0.708. The summed E-state index contributed by atoms with van der Waals surface area (Å²) in [4.78, 5) is 0. The Morgan fingerprint density at radius 1 is 1.55 bits per heavy atom. The third-order valence-corrected chi connectivity index (χ3v) is 2.26. The molecule has 1 aliphatic carbocycles. The van der Waals surface area contributed by atoms with Gasteiger partial charge in [-0.15, -0.1) is 0 Å². The standard InChI is InChI=1S/C11H17/c1-3-10-7-5-6-8-11(4-2)9-10/h5,7,11H,3-4,6,8H2,1-2H3. The van der Waals surface area contributed by atoms with E-state index in [1.54, 1.807) is 0 Å². The Bertz CT molecular complexity index is 163. The van der Waals surface area contributed by atoms with Gasteiger partial charge in [0.2, 0.25) is 0 Å². The minimum Gasteiger partial charge on any atom is -0.0842 e. The molecule has 0 aliphatic heterocycles. The maximum absolute atomic E-state index is 3.55. The van der Waals surface area contributed by atoms with Crippen molar-refractivity contribution in [1.82, 2.24) is 0 Å². The molecule has 61 valence electrons. The maximum atomic E-state index is 3.55. The lowest BCUT2D eigenvalue weighted by Crippen LogP contribution is -1.93. The number of hydrogen-bond donors (Lipinski definition) is 0. The third-order valence-electron chi connectivity index (χ3n) is 2.26. The lowest BCUT2D eigenvalue weighted by atomic mass is 9.99. The van der Waals surface area contributed by atoms with E-state index in [-0.39, 0.29) is 0 Å². The summed E-state index contributed by atoms with van der Waals surface area (Å²) in [7, 11) is 0. The first-order chi connectivity index (χ1) is 5.36. The first kappa shape index (κ1) is 8.58. The molecule has 1 unspecified atom stereocenters. The number of hydrogen-bond acceptors (Lipinski definition) is 0. The highest BCUT2D eigenvalue weighted by Gasteiger charge is 2.05. The third kappa shape index (κ3) is 2.53. The fourth-order valence-corrected chi connectivity index (χ4v) is 1.43. The molecule has 0 amide bonds. The highest BCUT2D eigenvalue weighted by Crippen LogP contribution is 2.19. The molecular weight excluding hydrogens is 132 g/mol. The zero-order chi connectivity index (χ0) is 8.10. The summed E-state index contributed by atoms with van der Waals surface area (Å²) in [5.41, 5.74) is 1.40. The maximum Gasteiger partial charge on any atom is -0.0156 e. The minimum atomic E-state index is 0.708. The molecule has 0 heteroatoms. The Labute approximate surface area is 70.0 Å². The lowest BCUT2D eigenvalue weighted by Gasteiger charge is -2.05. The van der Waals surface area contributed by atoms with Gasteiger partial charge < -0.3 is 0 Å². The van der Waals surface area contributed by atoms with Crippen molar-refractivity contribution >= 4 is 0 Å². The molecule has 0 spiro atoms. The monoisotopic (exact) mass is 149 g/mol. The molecule has 1 rings (SSSR count). The molecule has 0 fully saturated rings. The van der Waals surface area contributed by atoms with E-state index < -0.39 is 0 Å². The highest BCUT2D eigenvalue weighted by molar-refractivity contribution is 5.17. The second-order valence-corrected chi connectivity index (χ2v) is 3.11. The van der Waals surface area contributed by atoms with Crippen LogP contribution in [0.5, 0.6) is 0 Å². The summed E-state index contributed by atoms with van der Waals surface area (Å²) in [5, 5.41) is 0. The summed E-state index contributed by atoms with van der Waals surface area (Å²) in [6, 6.07) is 0. The molecule has 11 heavy (non-hydrogen) atoms. The minimum absolute atomic E-state index is 0.708. The van der Waals surface area contributed by atoms with Crippen LogP contribution in [0, 0.1) is 12.0 Å². The van der Waals surface area contributed by atoms with Crippen molar-refractivity contribution in [2.45, 2.75) is 39.5 Å². The van der Waals surface area contributed by atoms with Gasteiger partial charge in [-0.25, -0.2) is 0 Å². The van der Waals surface area contributed by atoms with E-state index in [1.807, 2.05) is 0 Å². The van der Waals surface area contributed by atoms with Gasteiger partial charge in [-0.2, -0.15) is 0 Å². The van der Waals surface area contributed by atoms with Crippen LogP contribution >= 0.6 is 0 Å². The van der Waals surface area contributed by atoms with Crippen molar-refractivity contribution in [3.8, 4) is 0 Å². The van der Waals surface area contributed by atoms with Gasteiger partial charge in [-0.05, 0) is 43.3 Å². The van der Waals surface area contributed by atoms with Crippen LogP contribution in [0.25, 0.3) is 0 Å². The Balaban J connectivity index is 2.62. The molecule has 1 atom stereocenters. The zero-order valence-electron chi connectivity index (χ0n) is 7.56. The first-order valence-electron chi connectivity index (χ1n) is 4.65. The van der Waals surface area contributed by atoms with E-state index in [4.69, 9.17) is 0 Å². The first-order valence-corrected chi connectivity index (χ1v) is 4.65. The van der Waals surface area contributed by atoms with E-state index >= 15 is 0 Å². The normalized spacial score (nSPS) is 24.5. The molecule has 1 aliphatic rings. The van der Waals surface area contributed by atoms with Crippen LogP contribution in [0.15, 0.2) is 17.7 Å². The van der Waals surface area contributed by atoms with Crippen LogP contribution in [0.1, 0.15) is 39.5 Å². The molecular formula is C11H17. The van der Waals surface area contributed by atoms with Gasteiger partial charge in [0.05, 0.1) is 0 Å². The topological polar surface area (TPSA) is 0 Å². The van der Waals surface area contributed by atoms with Crippen LogP contribution in [0.3, 0.4) is 0 Å². The molecule has 0 aromatic carbocycles. The quantitative estimate of drug-likeness (QED) is 0.563. The summed E-state index contributed by atoms with van der Waals surface area (Å²) >= 11 is 0. The van der Waals surface area contributed by atoms with Gasteiger partial charge in [-0.1, -0.05) is 26.0 Å². The van der Waals surface area contributed by atoms with Crippen molar-refractivity contribution in [3.63, 3.8) is 0 Å². The van der Waals surface area contributed by atoms with E-state index in [1.165, 1.54) is 24.8 Å². The fraction of sp³-hybridized carbons (Fsp3) is 0.636. The number of allylic oxidation sites excluding steroid dienone is 4. The average molecular weight is 149 g/mol. The van der Waals surface area contributed by atoms with Crippen molar-refractivity contribution in [2.75, 3.05) is 0 Å². The van der Waals surface area contributed by atoms with Gasteiger partial charge >= 0.3 is 0 Å². The van der Waals surface area contributed by atoms with Gasteiger partial charge in [0.25, 0.3) is 0 Å². The van der Waals surface area contributed by atoms with Gasteiger partial charge in [0, 0.05) is 0 Å². The molecule has 0 aromatic rings. The van der Waals surface area contributed by atoms with Gasteiger partial charge in [-0.3, -0.25) is 0 Å². The molecule has 0 saturated carbocycles. The summed E-state index contributed by atoms with van der Waals surface area (Å²) in [6.07, 6.45) is 12.9. The SMILES string of the molecule is CCC1=[C]C(CC)CCC=C1. The van der Waals surface area contributed by atoms with Gasteiger partial charge in [0.1, 0.15) is 0 Å². The Hall–Kier alpha value is -0.520. The lowest BCUT2D eigenvalue weighted by molar-refractivity contribution is 0.564. The van der Waals surface area contributed by atoms with Crippen LogP contribution in [-0.4, -0.2) is 0 Å². The van der Waals surface area contributed by atoms with Crippen molar-refractivity contribution in [2.24, 2.45) is 5.92 Å². The predicted octanol–water partition coefficient (Wildman–Crippen LogP) is 3.50. The molecule has 0 aromatic heterocycles. The van der Waals surface area contributed by atoms with E-state index in [9.17, 15) is 0 Å². The Morgan fingerprint density at radius 2 is 2.36 bits per heavy atom. The largest absolute Gasteiger partial charge is 0.0842 e. The van der Waals surface area contributed by atoms with Crippen LogP contribution in [0.2, 0.25) is 0 Å². The average Bonchev–Trinajstić information content (AvgIpc) is 2.28. The smallest absolute Gasteiger partial charge is 0.0156 e. The predicted molar refractivity (Wildman–Crippen MR) is 49.2 cm³/mol. The van der Waals surface area contributed by atoms with E-state index in [0.717, 1.165) is 6.42 Å². The molecule has 1 radical (unpaired) electrons. The highest BCUT2D eigenvalue weighted by atomic mass is 14.1. The molecule has 0 bridgehead atoms. The molecule has 0 saturated heterocycles. The second-order valence-electron chi connectivity index (χ2n) is 3.11. The fourth-order valence-electron chi connectivity index (χ4n) is 1.43. The Morgan fingerprint density at radius 3 is 3.00 bits per heavy atom. The molecule has 0 heterocycles. The van der Waals surface area contributed by atoms with E-state index in [2.05, 4.69) is 32.1 Å². The van der Waals surface area contributed by atoms with E-state index in [0.29, 0.717) is 5.92 Å². The molecule has 0 nitrogen and oxygen atoms in total. The van der Waals surface area contributed by atoms with Crippen LogP contribution in [-0.2, 0) is 0 Å². The zero-order valence-corrected chi connectivity index (χ0v) is 7.56. The van der Waals surface area contributed by atoms with Gasteiger partial charge in [0.15, 0.2) is 0 Å². The summed E-state index contributed by atoms with van der Waals surface area (Å²) in [6.45, 7) is 4.45. The number of rotatable bonds is 2. The van der Waals surface area contributed by atoms with Crippen LogP contribution < -0.4 is 0 Å².